The van der Waals surface area contributed by atoms with E-state index in [1.54, 1.807) is 18.2 Å². The second-order valence-electron chi connectivity index (χ2n) is 2.28. The Hall–Kier alpha value is -1.22. The van der Waals surface area contributed by atoms with Gasteiger partial charge in [-0.2, -0.15) is 0 Å². The molecule has 0 unspecified atom stereocenters. The molecule has 0 bridgehead atoms. The Morgan fingerprint density at radius 2 is 2.25 bits per heavy atom. The van der Waals surface area contributed by atoms with Gasteiger partial charge >= 0.3 is 0 Å². The lowest BCUT2D eigenvalue weighted by molar-refractivity contribution is 0.0964. The molecular formula is C8H9ClN2O. The van der Waals surface area contributed by atoms with Crippen molar-refractivity contribution >= 4 is 23.2 Å². The van der Waals surface area contributed by atoms with Crippen LogP contribution in [0.2, 0.25) is 5.02 Å². The minimum atomic E-state index is -0.266. The first-order valence-electron chi connectivity index (χ1n) is 3.43. The van der Waals surface area contributed by atoms with Crippen molar-refractivity contribution in [2.24, 2.45) is 0 Å². The van der Waals surface area contributed by atoms with Crippen LogP contribution in [0.25, 0.3) is 0 Å². The van der Waals surface area contributed by atoms with Crippen LogP contribution in [-0.2, 0) is 0 Å². The molecule has 0 aromatic heterocycles. The average Bonchev–Trinajstić information content (AvgIpc) is 2.03. The second kappa shape index (κ2) is 3.45. The molecule has 64 valence electrons. The number of benzene rings is 1. The summed E-state index contributed by atoms with van der Waals surface area (Å²) in [6, 6.07) is 4.96. The molecule has 0 saturated heterocycles. The number of carbonyl (C=O) groups is 1. The Balaban J connectivity index is 3.21. The lowest BCUT2D eigenvalue weighted by Crippen LogP contribution is -2.19. The lowest BCUT2D eigenvalue weighted by Gasteiger charge is -2.04. The number of anilines is 1. The summed E-state index contributed by atoms with van der Waals surface area (Å²) in [5, 5.41) is 2.83. The molecule has 0 aliphatic rings. The molecule has 4 heteroatoms. The van der Waals surface area contributed by atoms with Crippen molar-refractivity contribution in [2.75, 3.05) is 12.8 Å². The molecule has 1 aromatic carbocycles. The molecule has 0 fully saturated rings. The zero-order valence-electron chi connectivity index (χ0n) is 6.60. The summed E-state index contributed by atoms with van der Waals surface area (Å²) >= 11 is 5.76. The monoisotopic (exact) mass is 184 g/mol. The first-order valence-corrected chi connectivity index (χ1v) is 3.80. The van der Waals surface area contributed by atoms with Gasteiger partial charge in [-0.3, -0.25) is 4.79 Å². The summed E-state index contributed by atoms with van der Waals surface area (Å²) in [5.74, 6) is -0.266. The highest BCUT2D eigenvalue weighted by Crippen LogP contribution is 2.21. The van der Waals surface area contributed by atoms with Gasteiger partial charge in [0.1, 0.15) is 0 Å². The Labute approximate surface area is 75.5 Å². The summed E-state index contributed by atoms with van der Waals surface area (Å²) in [7, 11) is 1.53. The highest BCUT2D eigenvalue weighted by molar-refractivity contribution is 6.34. The fraction of sp³-hybridized carbons (Fsp3) is 0.125. The van der Waals surface area contributed by atoms with Crippen molar-refractivity contribution in [2.45, 2.75) is 0 Å². The van der Waals surface area contributed by atoms with Crippen LogP contribution in [-0.4, -0.2) is 13.0 Å². The van der Waals surface area contributed by atoms with Gasteiger partial charge in [0.15, 0.2) is 0 Å². The third-order valence-electron chi connectivity index (χ3n) is 1.50. The summed E-state index contributed by atoms with van der Waals surface area (Å²) in [6.07, 6.45) is 0. The van der Waals surface area contributed by atoms with E-state index in [1.165, 1.54) is 7.05 Å². The van der Waals surface area contributed by atoms with E-state index in [0.29, 0.717) is 16.3 Å². The SMILES string of the molecule is CNC(=O)c1c(N)cccc1Cl. The molecule has 1 aromatic rings. The molecule has 0 radical (unpaired) electrons. The van der Waals surface area contributed by atoms with E-state index in [0.717, 1.165) is 0 Å². The van der Waals surface area contributed by atoms with Crippen LogP contribution in [0.1, 0.15) is 10.4 Å². The lowest BCUT2D eigenvalue weighted by atomic mass is 10.1. The van der Waals surface area contributed by atoms with Crippen molar-refractivity contribution in [1.82, 2.24) is 5.32 Å². The quantitative estimate of drug-likeness (QED) is 0.646. The van der Waals surface area contributed by atoms with E-state index in [2.05, 4.69) is 5.32 Å². The summed E-state index contributed by atoms with van der Waals surface area (Å²) in [5.41, 5.74) is 6.28. The molecule has 1 amide bonds. The predicted octanol–water partition coefficient (Wildman–Crippen LogP) is 1.28. The van der Waals surface area contributed by atoms with E-state index in [-0.39, 0.29) is 5.91 Å². The van der Waals surface area contributed by atoms with Crippen molar-refractivity contribution in [3.8, 4) is 0 Å². The Morgan fingerprint density at radius 1 is 1.58 bits per heavy atom. The van der Waals surface area contributed by atoms with Gasteiger partial charge in [0, 0.05) is 12.7 Å². The van der Waals surface area contributed by atoms with Crippen LogP contribution in [0.3, 0.4) is 0 Å². The molecule has 0 aliphatic heterocycles. The standard InChI is InChI=1S/C8H9ClN2O/c1-11-8(12)7-5(9)3-2-4-6(7)10/h2-4H,10H2,1H3,(H,11,12). The highest BCUT2D eigenvalue weighted by Gasteiger charge is 2.10. The third kappa shape index (κ3) is 1.51. The van der Waals surface area contributed by atoms with Crippen LogP contribution in [0.15, 0.2) is 18.2 Å². The molecule has 0 aliphatic carbocycles. The number of nitrogen functional groups attached to an aromatic ring is 1. The Bertz CT molecular complexity index is 292. The number of hydrogen-bond donors (Lipinski definition) is 2. The smallest absolute Gasteiger partial charge is 0.254 e. The molecule has 0 saturated carbocycles. The van der Waals surface area contributed by atoms with Crippen molar-refractivity contribution in [3.63, 3.8) is 0 Å². The van der Waals surface area contributed by atoms with Gasteiger partial charge in [0.05, 0.1) is 10.6 Å². The zero-order valence-corrected chi connectivity index (χ0v) is 7.35. The first kappa shape index (κ1) is 8.87. The Kier molecular flexibility index (Phi) is 2.55. The summed E-state index contributed by atoms with van der Waals surface area (Å²) < 4.78 is 0. The van der Waals surface area contributed by atoms with Crippen LogP contribution in [0, 0.1) is 0 Å². The fourth-order valence-electron chi connectivity index (χ4n) is 0.905. The molecule has 3 N–H and O–H groups in total. The number of nitrogens with one attached hydrogen (secondary N) is 1. The van der Waals surface area contributed by atoms with Gasteiger partial charge in [0.2, 0.25) is 0 Å². The zero-order chi connectivity index (χ0) is 9.14. The van der Waals surface area contributed by atoms with Gasteiger partial charge in [-0.15, -0.1) is 0 Å². The molecule has 0 atom stereocenters. The largest absolute Gasteiger partial charge is 0.398 e. The van der Waals surface area contributed by atoms with Crippen LogP contribution < -0.4 is 11.1 Å². The fourth-order valence-corrected chi connectivity index (χ4v) is 1.17. The Morgan fingerprint density at radius 3 is 2.75 bits per heavy atom. The molecule has 0 spiro atoms. The predicted molar refractivity (Wildman–Crippen MR) is 49.3 cm³/mol. The first-order chi connectivity index (χ1) is 5.66. The summed E-state index contributed by atoms with van der Waals surface area (Å²) in [4.78, 5) is 11.2. The third-order valence-corrected chi connectivity index (χ3v) is 1.81. The van der Waals surface area contributed by atoms with E-state index < -0.39 is 0 Å². The molecule has 12 heavy (non-hydrogen) atoms. The minimum absolute atomic E-state index is 0.266. The van der Waals surface area contributed by atoms with Gasteiger partial charge in [0.25, 0.3) is 5.91 Å². The molecular weight excluding hydrogens is 176 g/mol. The van der Waals surface area contributed by atoms with Crippen molar-refractivity contribution in [3.05, 3.63) is 28.8 Å². The number of rotatable bonds is 1. The van der Waals surface area contributed by atoms with Crippen molar-refractivity contribution < 1.29 is 4.79 Å². The maximum Gasteiger partial charge on any atom is 0.254 e. The van der Waals surface area contributed by atoms with Gasteiger partial charge < -0.3 is 11.1 Å². The van der Waals surface area contributed by atoms with Crippen LogP contribution in [0.4, 0.5) is 5.69 Å². The number of hydrogen-bond acceptors (Lipinski definition) is 2. The number of carbonyl (C=O) groups excluding carboxylic acids is 1. The maximum absolute atomic E-state index is 11.2. The number of halogens is 1. The molecule has 1 rings (SSSR count). The van der Waals surface area contributed by atoms with E-state index in [4.69, 9.17) is 17.3 Å². The van der Waals surface area contributed by atoms with E-state index in [9.17, 15) is 4.79 Å². The summed E-state index contributed by atoms with van der Waals surface area (Å²) in [6.45, 7) is 0. The van der Waals surface area contributed by atoms with Gasteiger partial charge in [-0.25, -0.2) is 0 Å². The van der Waals surface area contributed by atoms with Crippen LogP contribution >= 0.6 is 11.6 Å². The maximum atomic E-state index is 11.2. The van der Waals surface area contributed by atoms with E-state index in [1.807, 2.05) is 0 Å². The van der Waals surface area contributed by atoms with E-state index >= 15 is 0 Å². The molecule has 0 heterocycles. The average molecular weight is 185 g/mol. The van der Waals surface area contributed by atoms with Gasteiger partial charge in [-0.1, -0.05) is 17.7 Å². The molecule has 3 nitrogen and oxygen atoms in total. The van der Waals surface area contributed by atoms with Gasteiger partial charge in [-0.05, 0) is 12.1 Å². The number of amides is 1. The second-order valence-corrected chi connectivity index (χ2v) is 2.69. The topological polar surface area (TPSA) is 55.1 Å². The van der Waals surface area contributed by atoms with Crippen LogP contribution in [0.5, 0.6) is 0 Å². The van der Waals surface area contributed by atoms with Crippen molar-refractivity contribution in [1.29, 1.82) is 0 Å². The number of nitrogens with two attached hydrogens (primary N) is 1. The minimum Gasteiger partial charge on any atom is -0.398 e. The highest BCUT2D eigenvalue weighted by atomic mass is 35.5. The normalized spacial score (nSPS) is 9.50.